The first-order chi connectivity index (χ1) is 14.1. The fraction of sp³-hybridized carbons (Fsp3) is 0.440. The summed E-state index contributed by atoms with van der Waals surface area (Å²) < 4.78 is 5.82. The molecular formula is C25H31NO3. The van der Waals surface area contributed by atoms with Crippen molar-refractivity contribution >= 4 is 5.97 Å². The maximum absolute atomic E-state index is 11.7. The largest absolute Gasteiger partial charge is 0.479 e. The normalized spacial score (nSPS) is 12.7. The summed E-state index contributed by atoms with van der Waals surface area (Å²) >= 11 is 0. The van der Waals surface area contributed by atoms with Crippen LogP contribution in [0.1, 0.15) is 64.4 Å². The van der Waals surface area contributed by atoms with Crippen LogP contribution in [0.4, 0.5) is 0 Å². The van der Waals surface area contributed by atoms with Gasteiger partial charge in [-0.25, -0.2) is 4.79 Å². The fourth-order valence-electron chi connectivity index (χ4n) is 3.48. The Morgan fingerprint density at radius 1 is 1.00 bits per heavy atom. The second kappa shape index (κ2) is 11.9. The summed E-state index contributed by atoms with van der Waals surface area (Å²) in [5.74, 6) is 0.0229. The average molecular weight is 394 g/mol. The molecule has 0 saturated carbocycles. The van der Waals surface area contributed by atoms with Crippen LogP contribution < -0.4 is 4.74 Å². The molecule has 2 aromatic carbocycles. The van der Waals surface area contributed by atoms with E-state index in [-0.39, 0.29) is 0 Å². The molecule has 2 atom stereocenters. The summed E-state index contributed by atoms with van der Waals surface area (Å²) in [4.78, 5) is 11.7. The SMILES string of the molecule is CCCCCCC(CC)CC(Oc1ccc(-c2ccc(C#N)cc2)cc1)C(=O)O. The highest BCUT2D eigenvalue weighted by Gasteiger charge is 2.23. The second-order valence-corrected chi connectivity index (χ2v) is 7.52. The number of hydrogen-bond acceptors (Lipinski definition) is 3. The minimum atomic E-state index is -0.909. The predicted octanol–water partition coefficient (Wildman–Crippen LogP) is 6.44. The molecule has 0 radical (unpaired) electrons. The number of hydrogen-bond donors (Lipinski definition) is 1. The zero-order valence-electron chi connectivity index (χ0n) is 17.4. The van der Waals surface area contributed by atoms with Gasteiger partial charge in [0.1, 0.15) is 5.75 Å². The molecule has 29 heavy (non-hydrogen) atoms. The van der Waals surface area contributed by atoms with Gasteiger partial charge in [-0.15, -0.1) is 0 Å². The van der Waals surface area contributed by atoms with E-state index in [0.717, 1.165) is 30.4 Å². The third kappa shape index (κ3) is 7.27. The van der Waals surface area contributed by atoms with Gasteiger partial charge < -0.3 is 9.84 Å². The van der Waals surface area contributed by atoms with Crippen LogP contribution >= 0.6 is 0 Å². The lowest BCUT2D eigenvalue weighted by molar-refractivity contribution is -0.146. The quantitative estimate of drug-likeness (QED) is 0.421. The highest BCUT2D eigenvalue weighted by molar-refractivity contribution is 5.73. The number of carboxylic acid groups (broad SMARTS) is 1. The molecule has 0 aliphatic carbocycles. The molecule has 0 fully saturated rings. The lowest BCUT2D eigenvalue weighted by atomic mass is 9.92. The Bertz CT molecular complexity index is 790. The van der Waals surface area contributed by atoms with E-state index in [4.69, 9.17) is 10.00 Å². The van der Waals surface area contributed by atoms with Crippen LogP contribution in [0.5, 0.6) is 5.75 Å². The zero-order chi connectivity index (χ0) is 21.1. The first-order valence-corrected chi connectivity index (χ1v) is 10.6. The van der Waals surface area contributed by atoms with Crippen LogP contribution in [0.3, 0.4) is 0 Å². The summed E-state index contributed by atoms with van der Waals surface area (Å²) in [7, 11) is 0. The molecule has 1 N–H and O–H groups in total. The van der Waals surface area contributed by atoms with Crippen LogP contribution in [0.25, 0.3) is 11.1 Å². The predicted molar refractivity (Wildman–Crippen MR) is 116 cm³/mol. The number of benzene rings is 2. The average Bonchev–Trinajstić information content (AvgIpc) is 2.75. The Kier molecular flexibility index (Phi) is 9.24. The Hall–Kier alpha value is -2.80. The molecule has 0 heterocycles. The van der Waals surface area contributed by atoms with Crippen molar-refractivity contribution in [1.29, 1.82) is 5.26 Å². The summed E-state index contributed by atoms with van der Waals surface area (Å²) in [6.07, 6.45) is 6.54. The maximum Gasteiger partial charge on any atom is 0.344 e. The molecule has 0 aliphatic heterocycles. The van der Waals surface area contributed by atoms with Crippen molar-refractivity contribution < 1.29 is 14.6 Å². The highest BCUT2D eigenvalue weighted by atomic mass is 16.5. The summed E-state index contributed by atoms with van der Waals surface area (Å²) in [5, 5.41) is 18.5. The molecule has 0 saturated heterocycles. The summed E-state index contributed by atoms with van der Waals surface area (Å²) in [6, 6.07) is 16.9. The standard InChI is InChI=1S/C25H31NO3/c1-3-5-6-7-8-19(4-2)17-24(25(27)28)29-23-15-13-22(14-16-23)21-11-9-20(18-26)10-12-21/h9-16,19,24H,3-8,17H2,1-2H3,(H,27,28). The number of rotatable bonds is 12. The molecule has 0 spiro atoms. The van der Waals surface area contributed by atoms with Crippen molar-refractivity contribution in [2.75, 3.05) is 0 Å². The third-order valence-electron chi connectivity index (χ3n) is 5.35. The van der Waals surface area contributed by atoms with Crippen LogP contribution in [0, 0.1) is 17.2 Å². The lowest BCUT2D eigenvalue weighted by Gasteiger charge is -2.21. The van der Waals surface area contributed by atoms with Crippen LogP contribution in [-0.2, 0) is 4.79 Å². The van der Waals surface area contributed by atoms with Gasteiger partial charge in [-0.05, 0) is 47.7 Å². The third-order valence-corrected chi connectivity index (χ3v) is 5.35. The monoisotopic (exact) mass is 393 g/mol. The van der Waals surface area contributed by atoms with E-state index in [0.29, 0.717) is 23.7 Å². The van der Waals surface area contributed by atoms with Gasteiger partial charge in [0.2, 0.25) is 0 Å². The van der Waals surface area contributed by atoms with Gasteiger partial charge in [-0.2, -0.15) is 5.26 Å². The Labute approximate surface area is 174 Å². The topological polar surface area (TPSA) is 70.3 Å². The molecular weight excluding hydrogens is 362 g/mol. The van der Waals surface area contributed by atoms with Crippen LogP contribution in [0.15, 0.2) is 48.5 Å². The number of unbranched alkanes of at least 4 members (excludes halogenated alkanes) is 3. The molecule has 0 aliphatic rings. The van der Waals surface area contributed by atoms with Crippen molar-refractivity contribution in [2.45, 2.75) is 64.9 Å². The minimum absolute atomic E-state index is 0.367. The first-order valence-electron chi connectivity index (χ1n) is 10.6. The van der Waals surface area contributed by atoms with E-state index in [9.17, 15) is 9.90 Å². The van der Waals surface area contributed by atoms with Crippen molar-refractivity contribution in [3.8, 4) is 22.9 Å². The van der Waals surface area contributed by atoms with Crippen molar-refractivity contribution in [3.63, 3.8) is 0 Å². The number of nitrogens with zero attached hydrogens (tertiary/aromatic N) is 1. The second-order valence-electron chi connectivity index (χ2n) is 7.52. The van der Waals surface area contributed by atoms with Gasteiger partial charge in [-0.3, -0.25) is 0 Å². The van der Waals surface area contributed by atoms with Crippen molar-refractivity contribution in [2.24, 2.45) is 5.92 Å². The van der Waals surface area contributed by atoms with Crippen molar-refractivity contribution in [1.82, 2.24) is 0 Å². The lowest BCUT2D eigenvalue weighted by Crippen LogP contribution is -2.29. The number of ether oxygens (including phenoxy) is 1. The molecule has 0 amide bonds. The van der Waals surface area contributed by atoms with Gasteiger partial charge in [0, 0.05) is 0 Å². The molecule has 2 rings (SSSR count). The van der Waals surface area contributed by atoms with Crippen LogP contribution in [-0.4, -0.2) is 17.2 Å². The molecule has 154 valence electrons. The van der Waals surface area contributed by atoms with E-state index in [1.165, 1.54) is 19.3 Å². The van der Waals surface area contributed by atoms with Gasteiger partial charge in [0.15, 0.2) is 6.10 Å². The molecule has 0 aromatic heterocycles. The summed E-state index contributed by atoms with van der Waals surface area (Å²) in [5.41, 5.74) is 2.62. The Morgan fingerprint density at radius 3 is 2.14 bits per heavy atom. The summed E-state index contributed by atoms with van der Waals surface area (Å²) in [6.45, 7) is 4.31. The Balaban J connectivity index is 1.98. The highest BCUT2D eigenvalue weighted by Crippen LogP contribution is 2.26. The fourth-order valence-corrected chi connectivity index (χ4v) is 3.48. The van der Waals surface area contributed by atoms with Gasteiger partial charge >= 0.3 is 5.97 Å². The molecule has 0 bridgehead atoms. The smallest absolute Gasteiger partial charge is 0.344 e. The number of aliphatic carboxylic acids is 1. The number of carboxylic acids is 1. The molecule has 4 heteroatoms. The minimum Gasteiger partial charge on any atom is -0.479 e. The Morgan fingerprint density at radius 2 is 1.62 bits per heavy atom. The van der Waals surface area contributed by atoms with E-state index in [2.05, 4.69) is 19.9 Å². The van der Waals surface area contributed by atoms with Gasteiger partial charge in [0.05, 0.1) is 11.6 Å². The maximum atomic E-state index is 11.7. The van der Waals surface area contributed by atoms with E-state index in [1.54, 1.807) is 12.1 Å². The number of carbonyl (C=O) groups is 1. The van der Waals surface area contributed by atoms with E-state index >= 15 is 0 Å². The van der Waals surface area contributed by atoms with Crippen molar-refractivity contribution in [3.05, 3.63) is 54.1 Å². The van der Waals surface area contributed by atoms with Gasteiger partial charge in [-0.1, -0.05) is 76.6 Å². The molecule has 4 nitrogen and oxygen atoms in total. The van der Waals surface area contributed by atoms with E-state index < -0.39 is 12.1 Å². The first kappa shape index (κ1) is 22.5. The zero-order valence-corrected chi connectivity index (χ0v) is 17.4. The van der Waals surface area contributed by atoms with E-state index in [1.807, 2.05) is 36.4 Å². The molecule has 2 aromatic rings. The number of nitriles is 1. The molecule has 2 unspecified atom stereocenters. The van der Waals surface area contributed by atoms with Gasteiger partial charge in [0.25, 0.3) is 0 Å². The van der Waals surface area contributed by atoms with Crippen LogP contribution in [0.2, 0.25) is 0 Å².